The zero-order valence-corrected chi connectivity index (χ0v) is 56.1. The van der Waals surface area contributed by atoms with Gasteiger partial charge in [0.1, 0.15) is 60.4 Å². The molecule has 23 heteroatoms. The average molecular weight is 1220 g/mol. The molecule has 0 aromatic carbocycles. The minimum Gasteiger partial charge on any atom is -0.390 e. The minimum atomic E-state index is -1.61. The minimum absolute atomic E-state index is 0. The van der Waals surface area contributed by atoms with Crippen molar-refractivity contribution in [2.45, 2.75) is 223 Å². The molecule has 1 saturated heterocycles. The third-order valence-electron chi connectivity index (χ3n) is 16.1. The van der Waals surface area contributed by atoms with E-state index in [9.17, 15) is 48.3 Å². The van der Waals surface area contributed by atoms with Crippen LogP contribution in [0, 0.1) is 41.4 Å². The Morgan fingerprint density at radius 1 is 0.471 bits per heavy atom. The molecule has 0 aliphatic carbocycles. The first-order chi connectivity index (χ1) is 39.2. The summed E-state index contributed by atoms with van der Waals surface area (Å²) in [6.45, 7) is 29.3. The lowest BCUT2D eigenvalue weighted by Crippen LogP contribution is -2.63. The maximum atomic E-state index is 15.1. The van der Waals surface area contributed by atoms with Gasteiger partial charge in [0.05, 0.1) is 12.6 Å². The SMILES string of the molecule is C/C=C/CC(C)C(O)C1C(=O)NC(CC)C(=O)N(C)CC(=O)N(C)C(CC(C)C)C(=O)NC(C(C)C)C(=O)N(C)C(CC(C)C)C(=O)NC(C)C(=O)NC(C)C(=O)N(C)C(CC(C)C)C(=O)N(C)C(CC(C)C)C(=O)N(C)C(C(C)C)C(=O)N1C.[HH].[HH].[HH].[HH].[HH].[HH].[HH]. The number of amides is 11. The van der Waals surface area contributed by atoms with Crippen molar-refractivity contribution in [3.05, 3.63) is 12.2 Å². The Kier molecular flexibility index (Phi) is 31.5. The number of carbonyl (C=O) groups excluding carboxylic acids is 11. The number of hydrogen-bond donors (Lipinski definition) is 5. The highest BCUT2D eigenvalue weighted by Crippen LogP contribution is 2.26. The first kappa shape index (κ1) is 76.9. The zero-order valence-electron chi connectivity index (χ0n) is 56.1. The molecule has 0 bridgehead atoms. The van der Waals surface area contributed by atoms with Crippen LogP contribution in [0.5, 0.6) is 0 Å². The Hall–Kier alpha value is -6.13. The Morgan fingerprint density at radius 2 is 0.882 bits per heavy atom. The van der Waals surface area contributed by atoms with Crippen LogP contribution in [0.4, 0.5) is 0 Å². The number of allylic oxidation sites excluding steroid dienone is 2. The maximum absolute atomic E-state index is 15.1. The van der Waals surface area contributed by atoms with Crippen molar-refractivity contribution in [1.82, 2.24) is 55.6 Å². The molecule has 11 amide bonds. The van der Waals surface area contributed by atoms with Crippen molar-refractivity contribution in [2.75, 3.05) is 55.9 Å². The van der Waals surface area contributed by atoms with Gasteiger partial charge in [-0.3, -0.25) is 52.7 Å². The van der Waals surface area contributed by atoms with Gasteiger partial charge in [-0.05, 0) is 101 Å². The van der Waals surface area contributed by atoms with Crippen LogP contribution in [0.25, 0.3) is 0 Å². The van der Waals surface area contributed by atoms with Crippen LogP contribution >= 0.6 is 0 Å². The van der Waals surface area contributed by atoms with Gasteiger partial charge in [-0.2, -0.15) is 0 Å². The lowest BCUT2D eigenvalue weighted by atomic mass is 9.91. The highest BCUT2D eigenvalue weighted by atomic mass is 16.3. The van der Waals surface area contributed by atoms with E-state index in [1.165, 1.54) is 87.7 Å². The number of carbonyl (C=O) groups is 11. The number of likely N-dealkylation sites (N-methyl/N-ethyl adjacent to an activating group) is 7. The Morgan fingerprint density at radius 3 is 1.33 bits per heavy atom. The van der Waals surface area contributed by atoms with Gasteiger partial charge in [0.15, 0.2) is 0 Å². The largest absolute Gasteiger partial charge is 0.390 e. The topological polar surface area (TPSA) is 279 Å². The number of aliphatic hydroxyl groups excluding tert-OH is 1. The van der Waals surface area contributed by atoms with Gasteiger partial charge in [-0.15, -0.1) is 0 Å². The molecule has 85 heavy (non-hydrogen) atoms. The van der Waals surface area contributed by atoms with Crippen LogP contribution in [0.3, 0.4) is 0 Å². The molecular weight excluding hydrogens is 1090 g/mol. The molecule has 1 aliphatic heterocycles. The summed E-state index contributed by atoms with van der Waals surface area (Å²) >= 11 is 0. The predicted octanol–water partition coefficient (Wildman–Crippen LogP) is 4.99. The van der Waals surface area contributed by atoms with E-state index in [-0.39, 0.29) is 65.8 Å². The Bertz CT molecular complexity index is 2360. The molecule has 0 radical (unpaired) electrons. The van der Waals surface area contributed by atoms with Gasteiger partial charge in [-0.1, -0.05) is 109 Å². The smallest absolute Gasteiger partial charge is 0.246 e. The summed E-state index contributed by atoms with van der Waals surface area (Å²) in [6.07, 6.45) is 3.04. The van der Waals surface area contributed by atoms with Crippen molar-refractivity contribution in [2.24, 2.45) is 41.4 Å². The molecular formula is C62H125N11O12. The van der Waals surface area contributed by atoms with Crippen LogP contribution in [-0.4, -0.2) is 227 Å². The number of nitrogens with one attached hydrogen (secondary N) is 4. The van der Waals surface area contributed by atoms with Crippen molar-refractivity contribution in [3.8, 4) is 0 Å². The maximum Gasteiger partial charge on any atom is 0.246 e. The second kappa shape index (κ2) is 34.9. The lowest BCUT2D eigenvalue weighted by Gasteiger charge is -2.41. The molecule has 23 nitrogen and oxygen atoms in total. The first-order valence-corrected chi connectivity index (χ1v) is 30.6. The van der Waals surface area contributed by atoms with Crippen LogP contribution in [-0.2, 0) is 52.7 Å². The summed E-state index contributed by atoms with van der Waals surface area (Å²) < 4.78 is 0. The average Bonchev–Trinajstić information content (AvgIpc) is 1.44. The van der Waals surface area contributed by atoms with E-state index in [1.807, 2.05) is 61.5 Å². The fraction of sp³-hybridized carbons (Fsp3) is 0.790. The van der Waals surface area contributed by atoms with Gasteiger partial charge in [0.25, 0.3) is 0 Å². The quantitative estimate of drug-likeness (QED) is 0.136. The Labute approximate surface area is 519 Å². The monoisotopic (exact) mass is 1220 g/mol. The standard InChI is InChI=1S/C62H111N11O12.7H2/c1-25-27-28-40(15)52(75)51-56(79)65-43(26-2)58(81)67(18)33-48(74)68(19)44(29-34(3)4)55(78)66-49(38(11)12)61(84)69(20)45(30-35(5)6)54(77)63-41(16)53(76)64-42(17)57(80)70(21)46(31-36(7)8)59(82)71(22)47(32-37(9)10)60(83)72(23)50(39(13)14)62(85)73(51)24;;;;;;;/h25,27,34-47,49-52,75H,26,28-33H2,1-24H3,(H,63,77)(H,64,76)(H,65,79)(H,66,78);7*1H/b27-25+;;;;;;;. The van der Waals surface area contributed by atoms with Crippen LogP contribution in [0.15, 0.2) is 12.2 Å². The number of hydrogen-bond acceptors (Lipinski definition) is 12. The molecule has 500 valence electrons. The molecule has 12 unspecified atom stereocenters. The van der Waals surface area contributed by atoms with E-state index in [0.29, 0.717) is 6.42 Å². The third-order valence-corrected chi connectivity index (χ3v) is 16.1. The van der Waals surface area contributed by atoms with E-state index in [1.54, 1.807) is 54.5 Å². The first-order valence-electron chi connectivity index (χ1n) is 30.6. The van der Waals surface area contributed by atoms with Gasteiger partial charge >= 0.3 is 0 Å². The fourth-order valence-corrected chi connectivity index (χ4v) is 10.7. The van der Waals surface area contributed by atoms with Gasteiger partial charge in [0, 0.05) is 59.3 Å². The van der Waals surface area contributed by atoms with Gasteiger partial charge in [0.2, 0.25) is 65.0 Å². The third kappa shape index (κ3) is 21.7. The zero-order chi connectivity index (χ0) is 66.0. The normalized spacial score (nSPS) is 26.9. The molecule has 1 aliphatic rings. The molecule has 1 fully saturated rings. The van der Waals surface area contributed by atoms with Crippen LogP contribution in [0.1, 0.15) is 166 Å². The molecule has 12 atom stereocenters. The highest BCUT2D eigenvalue weighted by Gasteiger charge is 2.45. The number of rotatable bonds is 15. The summed E-state index contributed by atoms with van der Waals surface area (Å²) in [7, 11) is 9.92. The summed E-state index contributed by atoms with van der Waals surface area (Å²) in [5, 5.41) is 23.1. The molecule has 0 spiro atoms. The van der Waals surface area contributed by atoms with E-state index in [4.69, 9.17) is 0 Å². The van der Waals surface area contributed by atoms with Crippen molar-refractivity contribution in [1.29, 1.82) is 0 Å². The highest BCUT2D eigenvalue weighted by molar-refractivity contribution is 5.99. The van der Waals surface area contributed by atoms with Crippen molar-refractivity contribution < 1.29 is 67.8 Å². The van der Waals surface area contributed by atoms with Gasteiger partial charge in [-0.25, -0.2) is 0 Å². The summed E-state index contributed by atoms with van der Waals surface area (Å²) in [5.41, 5.74) is 0. The molecule has 0 aromatic rings. The summed E-state index contributed by atoms with van der Waals surface area (Å²) in [6, 6.07) is -12.3. The molecule has 1 rings (SSSR count). The Balaban J connectivity index is -0.00000206. The van der Waals surface area contributed by atoms with E-state index in [0.717, 1.165) is 9.80 Å². The molecule has 1 heterocycles. The van der Waals surface area contributed by atoms with Crippen molar-refractivity contribution >= 4 is 65.0 Å². The number of aliphatic hydroxyl groups is 1. The fourth-order valence-electron chi connectivity index (χ4n) is 10.7. The molecule has 0 aromatic heterocycles. The van der Waals surface area contributed by atoms with Crippen LogP contribution < -0.4 is 21.3 Å². The van der Waals surface area contributed by atoms with Gasteiger partial charge < -0.3 is 60.7 Å². The van der Waals surface area contributed by atoms with E-state index >= 15 is 9.59 Å². The summed E-state index contributed by atoms with van der Waals surface area (Å²) in [5.74, 6) is -9.71. The molecule has 5 N–H and O–H groups in total. The predicted molar refractivity (Wildman–Crippen MR) is 343 cm³/mol. The second-order valence-electron chi connectivity index (χ2n) is 26.1. The molecule has 0 saturated carbocycles. The summed E-state index contributed by atoms with van der Waals surface area (Å²) in [4.78, 5) is 169. The van der Waals surface area contributed by atoms with E-state index in [2.05, 4.69) is 21.3 Å². The lowest BCUT2D eigenvalue weighted by molar-refractivity contribution is -0.157. The van der Waals surface area contributed by atoms with Crippen LogP contribution in [0.2, 0.25) is 0 Å². The number of nitrogens with zero attached hydrogens (tertiary/aromatic N) is 7. The van der Waals surface area contributed by atoms with E-state index < -0.39 is 156 Å². The second-order valence-corrected chi connectivity index (χ2v) is 26.1. The van der Waals surface area contributed by atoms with Crippen molar-refractivity contribution in [3.63, 3.8) is 0 Å².